The Morgan fingerprint density at radius 3 is 2.20 bits per heavy atom. The van der Waals surface area contributed by atoms with Gasteiger partial charge < -0.3 is 4.90 Å². The number of benzene rings is 2. The lowest BCUT2D eigenvalue weighted by Gasteiger charge is -2.17. The lowest BCUT2D eigenvalue weighted by Crippen LogP contribution is -2.09. The van der Waals surface area contributed by atoms with Gasteiger partial charge in [-0.05, 0) is 29.3 Å². The molecule has 0 aliphatic heterocycles. The molecule has 0 saturated carbocycles. The zero-order chi connectivity index (χ0) is 14.9. The third-order valence-corrected chi connectivity index (χ3v) is 3.28. The number of rotatable bonds is 2. The van der Waals surface area contributed by atoms with Crippen LogP contribution in [-0.4, -0.2) is 14.1 Å². The quantitative estimate of drug-likeness (QED) is 0.746. The molecule has 0 bridgehead atoms. The van der Waals surface area contributed by atoms with Crippen molar-refractivity contribution in [1.82, 2.24) is 0 Å². The molecule has 0 N–H and O–H groups in total. The average Bonchev–Trinajstić information content (AvgIpc) is 2.37. The minimum Gasteiger partial charge on any atom is -0.376 e. The second-order valence-corrected chi connectivity index (χ2v) is 5.01. The zero-order valence-corrected chi connectivity index (χ0v) is 11.8. The molecule has 5 heteroatoms. The number of hydrogen-bond acceptors (Lipinski definition) is 1. The molecule has 2 aromatic carbocycles. The molecule has 0 atom stereocenters. The van der Waals surface area contributed by atoms with E-state index in [1.165, 1.54) is 12.1 Å². The molecule has 0 aliphatic rings. The maximum atomic E-state index is 13.0. The first kappa shape index (κ1) is 14.7. The van der Waals surface area contributed by atoms with E-state index < -0.39 is 11.7 Å². The van der Waals surface area contributed by atoms with Gasteiger partial charge in [0.15, 0.2) is 0 Å². The molecule has 0 fully saturated rings. The maximum absolute atomic E-state index is 13.0. The number of hydrogen-bond donors (Lipinski definition) is 0. The van der Waals surface area contributed by atoms with Gasteiger partial charge in [-0.1, -0.05) is 35.9 Å². The third kappa shape index (κ3) is 2.90. The Hall–Kier alpha value is -1.68. The van der Waals surface area contributed by atoms with Crippen LogP contribution >= 0.6 is 11.6 Å². The zero-order valence-electron chi connectivity index (χ0n) is 11.0. The topological polar surface area (TPSA) is 3.24 Å². The first-order valence-corrected chi connectivity index (χ1v) is 6.32. The summed E-state index contributed by atoms with van der Waals surface area (Å²) in [6, 6.07) is 10.4. The van der Waals surface area contributed by atoms with Crippen molar-refractivity contribution in [3.63, 3.8) is 0 Å². The first-order valence-electron chi connectivity index (χ1n) is 5.94. The summed E-state index contributed by atoms with van der Waals surface area (Å²) in [7, 11) is 3.65. The van der Waals surface area contributed by atoms with Crippen LogP contribution in [0.2, 0.25) is 5.02 Å². The maximum Gasteiger partial charge on any atom is 0.417 e. The van der Waals surface area contributed by atoms with Crippen molar-refractivity contribution in [1.29, 1.82) is 0 Å². The molecule has 106 valence electrons. The molecule has 2 aromatic rings. The number of nitrogens with zero attached hydrogens (tertiary/aromatic N) is 1. The van der Waals surface area contributed by atoms with E-state index in [0.717, 1.165) is 11.8 Å². The van der Waals surface area contributed by atoms with Gasteiger partial charge >= 0.3 is 6.18 Å². The van der Waals surface area contributed by atoms with Crippen LogP contribution in [0.25, 0.3) is 11.1 Å². The summed E-state index contributed by atoms with van der Waals surface area (Å²) < 4.78 is 39.0. The van der Waals surface area contributed by atoms with Crippen LogP contribution in [0.15, 0.2) is 42.5 Å². The van der Waals surface area contributed by atoms with E-state index in [1.807, 2.05) is 19.0 Å². The predicted molar refractivity (Wildman–Crippen MR) is 76.2 cm³/mol. The van der Waals surface area contributed by atoms with Gasteiger partial charge in [-0.2, -0.15) is 13.2 Å². The number of alkyl halides is 3. The van der Waals surface area contributed by atoms with Crippen LogP contribution in [0, 0.1) is 0 Å². The molecule has 2 rings (SSSR count). The fraction of sp³-hybridized carbons (Fsp3) is 0.200. The summed E-state index contributed by atoms with van der Waals surface area (Å²) in [6.07, 6.45) is -4.39. The molecule has 0 amide bonds. The second-order valence-electron chi connectivity index (χ2n) is 4.60. The first-order chi connectivity index (χ1) is 9.30. The van der Waals surface area contributed by atoms with E-state index in [9.17, 15) is 13.2 Å². The van der Waals surface area contributed by atoms with Gasteiger partial charge in [0.25, 0.3) is 0 Å². The fourth-order valence-electron chi connectivity index (χ4n) is 2.02. The molecule has 0 heterocycles. The van der Waals surface area contributed by atoms with Crippen LogP contribution < -0.4 is 4.90 Å². The van der Waals surface area contributed by atoms with Crippen molar-refractivity contribution in [2.45, 2.75) is 6.18 Å². The third-order valence-electron chi connectivity index (χ3n) is 2.97. The van der Waals surface area contributed by atoms with Gasteiger partial charge in [-0.15, -0.1) is 0 Å². The summed E-state index contributed by atoms with van der Waals surface area (Å²) in [5, 5.41) is 0.421. The molecular formula is C15H13ClF3N. The second kappa shape index (κ2) is 5.37. The Kier molecular flexibility index (Phi) is 3.95. The fourth-order valence-corrected chi connectivity index (χ4v) is 2.37. The van der Waals surface area contributed by atoms with Crippen LogP contribution in [0.5, 0.6) is 0 Å². The molecule has 1 nitrogen and oxygen atoms in total. The summed E-state index contributed by atoms with van der Waals surface area (Å²) in [6.45, 7) is 0. The highest BCUT2D eigenvalue weighted by Crippen LogP contribution is 2.38. The highest BCUT2D eigenvalue weighted by Gasteiger charge is 2.33. The Bertz CT molecular complexity index is 621. The Balaban J connectivity index is 2.56. The largest absolute Gasteiger partial charge is 0.417 e. The van der Waals surface area contributed by atoms with E-state index >= 15 is 0 Å². The van der Waals surface area contributed by atoms with Crippen LogP contribution in [0.3, 0.4) is 0 Å². The van der Waals surface area contributed by atoms with Crippen molar-refractivity contribution >= 4 is 17.3 Å². The highest BCUT2D eigenvalue weighted by molar-refractivity contribution is 6.33. The highest BCUT2D eigenvalue weighted by atomic mass is 35.5. The van der Waals surface area contributed by atoms with Gasteiger partial charge in [-0.3, -0.25) is 0 Å². The molecular weight excluding hydrogens is 287 g/mol. The van der Waals surface area contributed by atoms with Gasteiger partial charge in [0.2, 0.25) is 0 Å². The summed E-state index contributed by atoms with van der Waals surface area (Å²) in [5.41, 5.74) is 0.689. The summed E-state index contributed by atoms with van der Waals surface area (Å²) >= 11 is 6.12. The Morgan fingerprint density at radius 1 is 1.00 bits per heavy atom. The lowest BCUT2D eigenvalue weighted by atomic mass is 9.99. The van der Waals surface area contributed by atoms with Crippen molar-refractivity contribution in [2.75, 3.05) is 19.0 Å². The van der Waals surface area contributed by atoms with E-state index in [0.29, 0.717) is 10.6 Å². The molecule has 20 heavy (non-hydrogen) atoms. The SMILES string of the molecule is CN(C)c1ccc(-c2ccccc2C(F)(F)F)cc1Cl. The number of anilines is 1. The predicted octanol–water partition coefficient (Wildman–Crippen LogP) is 5.09. The van der Waals surface area contributed by atoms with E-state index in [-0.39, 0.29) is 5.56 Å². The van der Waals surface area contributed by atoms with Crippen LogP contribution in [0.4, 0.5) is 18.9 Å². The average molecular weight is 300 g/mol. The molecule has 0 spiro atoms. The summed E-state index contributed by atoms with van der Waals surface area (Å²) in [5.74, 6) is 0. The molecule has 0 radical (unpaired) electrons. The Morgan fingerprint density at radius 2 is 1.65 bits per heavy atom. The monoisotopic (exact) mass is 299 g/mol. The lowest BCUT2D eigenvalue weighted by molar-refractivity contribution is -0.137. The molecule has 0 saturated heterocycles. The van der Waals surface area contributed by atoms with Crippen LogP contribution in [-0.2, 0) is 6.18 Å². The molecule has 0 aliphatic carbocycles. The summed E-state index contributed by atoms with van der Waals surface area (Å²) in [4.78, 5) is 1.81. The smallest absolute Gasteiger partial charge is 0.376 e. The van der Waals surface area contributed by atoms with E-state index in [4.69, 9.17) is 11.6 Å². The van der Waals surface area contributed by atoms with E-state index in [2.05, 4.69) is 0 Å². The molecule has 0 aromatic heterocycles. The van der Waals surface area contributed by atoms with Gasteiger partial charge in [-0.25, -0.2) is 0 Å². The normalized spacial score (nSPS) is 11.5. The van der Waals surface area contributed by atoms with Crippen molar-refractivity contribution in [3.8, 4) is 11.1 Å². The van der Waals surface area contributed by atoms with Crippen molar-refractivity contribution < 1.29 is 13.2 Å². The van der Waals surface area contributed by atoms with Gasteiger partial charge in [0.1, 0.15) is 0 Å². The minimum atomic E-state index is -4.39. The van der Waals surface area contributed by atoms with E-state index in [1.54, 1.807) is 24.3 Å². The minimum absolute atomic E-state index is 0.132. The van der Waals surface area contributed by atoms with Crippen molar-refractivity contribution in [2.24, 2.45) is 0 Å². The number of halogens is 4. The standard InChI is InChI=1S/C15H13ClF3N/c1-20(2)14-8-7-10(9-13(14)16)11-5-3-4-6-12(11)15(17,18)19/h3-9H,1-2H3. The molecule has 0 unspecified atom stereocenters. The van der Waals surface area contributed by atoms with Crippen LogP contribution in [0.1, 0.15) is 5.56 Å². The van der Waals surface area contributed by atoms with Gasteiger partial charge in [0.05, 0.1) is 16.3 Å². The van der Waals surface area contributed by atoms with Gasteiger partial charge in [0, 0.05) is 14.1 Å². The Labute approximate surface area is 120 Å². The van der Waals surface area contributed by atoms with Crippen molar-refractivity contribution in [3.05, 3.63) is 53.1 Å².